The summed E-state index contributed by atoms with van der Waals surface area (Å²) < 4.78 is 11.4. The molecule has 2 atom stereocenters. The van der Waals surface area contributed by atoms with Crippen LogP contribution in [0.1, 0.15) is 26.7 Å². The number of likely N-dealkylation sites (tertiary alicyclic amines) is 1. The highest BCUT2D eigenvalue weighted by Crippen LogP contribution is 2.32. The van der Waals surface area contributed by atoms with Crippen LogP contribution in [0, 0.1) is 0 Å². The monoisotopic (exact) mass is 332 g/mol. The summed E-state index contributed by atoms with van der Waals surface area (Å²) in [6.45, 7) is 6.00. The lowest BCUT2D eigenvalue weighted by atomic mass is 10.1. The predicted molar refractivity (Wildman–Crippen MR) is 89.0 cm³/mol. The van der Waals surface area contributed by atoms with Gasteiger partial charge in [-0.15, -0.1) is 0 Å². The average Bonchev–Trinajstić information content (AvgIpc) is 3.11. The minimum Gasteiger partial charge on any atom is -0.485 e. The van der Waals surface area contributed by atoms with Crippen LogP contribution in [0.15, 0.2) is 24.3 Å². The topological polar surface area (TPSA) is 59.1 Å². The van der Waals surface area contributed by atoms with E-state index in [1.807, 2.05) is 32.0 Å². The Kier molecular flexibility index (Phi) is 4.92. The largest absolute Gasteiger partial charge is 0.485 e. The quantitative estimate of drug-likeness (QED) is 0.842. The molecule has 0 radical (unpaired) electrons. The third kappa shape index (κ3) is 3.05. The number of carbonyl (C=O) groups is 2. The van der Waals surface area contributed by atoms with Crippen LogP contribution in [0.2, 0.25) is 0 Å². The molecule has 2 unspecified atom stereocenters. The summed E-state index contributed by atoms with van der Waals surface area (Å²) in [7, 11) is 0. The lowest BCUT2D eigenvalue weighted by molar-refractivity contribution is -0.149. The maximum absolute atomic E-state index is 12.9. The Balaban J connectivity index is 1.71. The van der Waals surface area contributed by atoms with Gasteiger partial charge in [-0.05, 0) is 38.8 Å². The Labute approximate surface area is 142 Å². The van der Waals surface area contributed by atoms with Gasteiger partial charge < -0.3 is 19.3 Å². The number of carbonyl (C=O) groups excluding carboxylic acids is 2. The zero-order valence-electron chi connectivity index (χ0n) is 14.2. The molecule has 3 rings (SSSR count). The lowest BCUT2D eigenvalue weighted by Crippen LogP contribution is -2.53. The fraction of sp³-hybridized carbons (Fsp3) is 0.556. The summed E-state index contributed by atoms with van der Waals surface area (Å²) in [6, 6.07) is 6.94. The smallest absolute Gasteiger partial charge is 0.267 e. The zero-order valence-corrected chi connectivity index (χ0v) is 14.2. The average molecular weight is 332 g/mol. The second-order valence-corrected chi connectivity index (χ2v) is 6.06. The van der Waals surface area contributed by atoms with Crippen LogP contribution in [0.25, 0.3) is 0 Å². The second-order valence-electron chi connectivity index (χ2n) is 6.06. The molecule has 2 amide bonds. The van der Waals surface area contributed by atoms with Gasteiger partial charge in [-0.2, -0.15) is 0 Å². The van der Waals surface area contributed by atoms with E-state index in [0.29, 0.717) is 37.6 Å². The molecule has 0 saturated carbocycles. The number of ether oxygens (including phenoxy) is 2. The van der Waals surface area contributed by atoms with Crippen molar-refractivity contribution in [3.05, 3.63) is 24.3 Å². The number of hydrogen-bond acceptors (Lipinski definition) is 4. The Morgan fingerprint density at radius 3 is 2.62 bits per heavy atom. The Morgan fingerprint density at radius 2 is 1.92 bits per heavy atom. The van der Waals surface area contributed by atoms with Crippen molar-refractivity contribution < 1.29 is 19.1 Å². The molecule has 130 valence electrons. The van der Waals surface area contributed by atoms with Crippen molar-refractivity contribution in [2.45, 2.75) is 38.8 Å². The molecule has 1 aromatic carbocycles. The fourth-order valence-electron chi connectivity index (χ4n) is 3.36. The number of rotatable bonds is 4. The normalized spacial score (nSPS) is 22.3. The van der Waals surface area contributed by atoms with Crippen LogP contribution in [-0.4, -0.2) is 60.0 Å². The molecule has 1 aromatic rings. The molecule has 24 heavy (non-hydrogen) atoms. The summed E-state index contributed by atoms with van der Waals surface area (Å²) in [4.78, 5) is 29.0. The van der Waals surface area contributed by atoms with E-state index in [0.717, 1.165) is 6.42 Å². The molecule has 2 aliphatic rings. The van der Waals surface area contributed by atoms with Crippen molar-refractivity contribution >= 4 is 11.8 Å². The van der Waals surface area contributed by atoms with Crippen LogP contribution in [0.3, 0.4) is 0 Å². The standard InChI is InChI=1S/C18H24N2O4/c1-3-19(4-2)17(21)13-8-7-11-20(13)18(22)16-12-23-14-9-5-6-10-15(14)24-16/h5-6,9-10,13,16H,3-4,7-8,11-12H2,1-2H3. The number of likely N-dealkylation sites (N-methyl/N-ethyl adjacent to an activating group) is 1. The Bertz CT molecular complexity index is 615. The van der Waals surface area contributed by atoms with E-state index in [1.165, 1.54) is 0 Å². The first-order valence-electron chi connectivity index (χ1n) is 8.63. The minimum absolute atomic E-state index is 0.0305. The van der Waals surface area contributed by atoms with Gasteiger partial charge in [0.15, 0.2) is 11.5 Å². The maximum Gasteiger partial charge on any atom is 0.267 e. The number of para-hydroxylation sites is 2. The van der Waals surface area contributed by atoms with Crippen molar-refractivity contribution in [3.8, 4) is 11.5 Å². The molecule has 1 fully saturated rings. The first kappa shape index (κ1) is 16.6. The predicted octanol–water partition coefficient (Wildman–Crippen LogP) is 1.69. The minimum atomic E-state index is -0.690. The molecule has 0 aromatic heterocycles. The van der Waals surface area contributed by atoms with Gasteiger partial charge in [-0.25, -0.2) is 0 Å². The summed E-state index contributed by atoms with van der Waals surface area (Å²) in [6.07, 6.45) is 0.865. The van der Waals surface area contributed by atoms with Gasteiger partial charge in [0, 0.05) is 19.6 Å². The van der Waals surface area contributed by atoms with Crippen molar-refractivity contribution in [1.82, 2.24) is 9.80 Å². The summed E-state index contributed by atoms with van der Waals surface area (Å²) in [5.41, 5.74) is 0. The van der Waals surface area contributed by atoms with Gasteiger partial charge in [0.2, 0.25) is 12.0 Å². The highest BCUT2D eigenvalue weighted by Gasteiger charge is 2.40. The van der Waals surface area contributed by atoms with Crippen LogP contribution < -0.4 is 9.47 Å². The summed E-state index contributed by atoms with van der Waals surface area (Å²) >= 11 is 0. The number of benzene rings is 1. The van der Waals surface area contributed by atoms with E-state index in [2.05, 4.69) is 0 Å². The van der Waals surface area contributed by atoms with E-state index in [-0.39, 0.29) is 24.5 Å². The molecule has 0 N–H and O–H groups in total. The van der Waals surface area contributed by atoms with Crippen molar-refractivity contribution in [1.29, 1.82) is 0 Å². The van der Waals surface area contributed by atoms with Crippen LogP contribution in [0.5, 0.6) is 11.5 Å². The van der Waals surface area contributed by atoms with Crippen molar-refractivity contribution in [3.63, 3.8) is 0 Å². The van der Waals surface area contributed by atoms with Gasteiger partial charge in [-0.1, -0.05) is 12.1 Å². The van der Waals surface area contributed by atoms with Gasteiger partial charge in [0.05, 0.1) is 0 Å². The molecule has 2 aliphatic heterocycles. The first-order chi connectivity index (χ1) is 11.7. The maximum atomic E-state index is 12.9. The molecule has 1 saturated heterocycles. The number of amides is 2. The first-order valence-corrected chi connectivity index (χ1v) is 8.63. The highest BCUT2D eigenvalue weighted by molar-refractivity contribution is 5.90. The molecule has 2 heterocycles. The number of fused-ring (bicyclic) bond motifs is 1. The van der Waals surface area contributed by atoms with Crippen LogP contribution in [-0.2, 0) is 9.59 Å². The van der Waals surface area contributed by atoms with E-state index in [9.17, 15) is 9.59 Å². The van der Waals surface area contributed by atoms with Gasteiger partial charge in [-0.3, -0.25) is 9.59 Å². The lowest BCUT2D eigenvalue weighted by Gasteiger charge is -2.33. The number of hydrogen-bond donors (Lipinski definition) is 0. The molecule has 0 spiro atoms. The van der Waals surface area contributed by atoms with E-state index >= 15 is 0 Å². The van der Waals surface area contributed by atoms with E-state index in [4.69, 9.17) is 9.47 Å². The van der Waals surface area contributed by atoms with E-state index in [1.54, 1.807) is 15.9 Å². The molecule has 6 heteroatoms. The van der Waals surface area contributed by atoms with Crippen molar-refractivity contribution in [2.24, 2.45) is 0 Å². The Hall–Kier alpha value is -2.24. The van der Waals surface area contributed by atoms with Gasteiger partial charge in [0.1, 0.15) is 12.6 Å². The summed E-state index contributed by atoms with van der Waals surface area (Å²) in [5, 5.41) is 0. The van der Waals surface area contributed by atoms with Crippen molar-refractivity contribution in [2.75, 3.05) is 26.2 Å². The third-order valence-electron chi connectivity index (χ3n) is 4.68. The summed E-state index contributed by atoms with van der Waals surface area (Å²) in [5.74, 6) is 1.10. The SMILES string of the molecule is CCN(CC)C(=O)C1CCCN1C(=O)C1COc2ccccc2O1. The van der Waals surface area contributed by atoms with E-state index < -0.39 is 6.10 Å². The van der Waals surface area contributed by atoms with Gasteiger partial charge >= 0.3 is 0 Å². The second kappa shape index (κ2) is 7.11. The third-order valence-corrected chi connectivity index (χ3v) is 4.68. The zero-order chi connectivity index (χ0) is 17.1. The molecular weight excluding hydrogens is 308 g/mol. The number of nitrogens with zero attached hydrogens (tertiary/aromatic N) is 2. The molecule has 6 nitrogen and oxygen atoms in total. The fourth-order valence-corrected chi connectivity index (χ4v) is 3.36. The highest BCUT2D eigenvalue weighted by atomic mass is 16.6. The molecule has 0 bridgehead atoms. The van der Waals surface area contributed by atoms with Crippen LogP contribution in [0.4, 0.5) is 0 Å². The molecule has 0 aliphatic carbocycles. The molecular formula is C18H24N2O4. The van der Waals surface area contributed by atoms with Crippen LogP contribution >= 0.6 is 0 Å². The Morgan fingerprint density at radius 1 is 1.21 bits per heavy atom. The van der Waals surface area contributed by atoms with Gasteiger partial charge in [0.25, 0.3) is 5.91 Å².